The van der Waals surface area contributed by atoms with Gasteiger partial charge in [-0.2, -0.15) is 0 Å². The summed E-state index contributed by atoms with van der Waals surface area (Å²) in [7, 11) is 0. The maximum absolute atomic E-state index is 12.6. The van der Waals surface area contributed by atoms with Gasteiger partial charge in [0.15, 0.2) is 5.16 Å². The number of nitrogens with zero attached hydrogens (tertiary/aromatic N) is 3. The van der Waals surface area contributed by atoms with Crippen LogP contribution in [0.25, 0.3) is 15.2 Å². The first kappa shape index (κ1) is 20.8. The number of aromatic nitrogens is 3. The number of fused-ring (bicyclic) bond motifs is 3. The van der Waals surface area contributed by atoms with Crippen LogP contribution in [-0.2, 0) is 9.53 Å². The maximum atomic E-state index is 12.6. The number of thioether (sulfide) groups is 1. The Morgan fingerprint density at radius 2 is 2.03 bits per heavy atom. The molecular formula is C20H20N4O3S3. The van der Waals surface area contributed by atoms with Crippen molar-refractivity contribution in [2.75, 3.05) is 17.7 Å². The second-order valence-corrected chi connectivity index (χ2v) is 9.81. The number of thiophene rings is 1. The van der Waals surface area contributed by atoms with Crippen LogP contribution in [-0.4, -0.2) is 38.8 Å². The summed E-state index contributed by atoms with van der Waals surface area (Å²) in [5.74, 6) is -0.229. The van der Waals surface area contributed by atoms with Gasteiger partial charge in [-0.05, 0) is 31.0 Å². The molecule has 1 aromatic carbocycles. The molecular weight excluding hydrogens is 440 g/mol. The molecule has 3 heterocycles. The smallest absolute Gasteiger partial charge is 0.341 e. The minimum Gasteiger partial charge on any atom is -0.462 e. The van der Waals surface area contributed by atoms with Gasteiger partial charge in [0.1, 0.15) is 5.00 Å². The summed E-state index contributed by atoms with van der Waals surface area (Å²) in [5, 5.41) is 12.5. The number of carbonyl (C=O) groups is 2. The van der Waals surface area contributed by atoms with Crippen molar-refractivity contribution < 1.29 is 14.3 Å². The molecule has 0 saturated heterocycles. The first-order valence-corrected chi connectivity index (χ1v) is 12.1. The number of rotatable bonds is 7. The Balaban J connectivity index is 1.50. The van der Waals surface area contributed by atoms with E-state index in [1.165, 1.54) is 23.1 Å². The van der Waals surface area contributed by atoms with Crippen LogP contribution >= 0.6 is 34.4 Å². The van der Waals surface area contributed by atoms with Gasteiger partial charge in [-0.1, -0.05) is 49.1 Å². The molecule has 156 valence electrons. The van der Waals surface area contributed by atoms with Crippen molar-refractivity contribution in [3.05, 3.63) is 40.8 Å². The maximum Gasteiger partial charge on any atom is 0.341 e. The number of esters is 1. The first-order chi connectivity index (χ1) is 14.5. The number of nitrogens with one attached hydrogen (secondary N) is 1. The predicted molar refractivity (Wildman–Crippen MR) is 122 cm³/mol. The predicted octanol–water partition coefficient (Wildman–Crippen LogP) is 5.04. The lowest BCUT2D eigenvalue weighted by molar-refractivity contribution is -0.113. The zero-order valence-electron chi connectivity index (χ0n) is 16.7. The van der Waals surface area contributed by atoms with Crippen molar-refractivity contribution in [1.29, 1.82) is 0 Å². The van der Waals surface area contributed by atoms with Crippen molar-refractivity contribution in [3.8, 4) is 0 Å². The van der Waals surface area contributed by atoms with E-state index in [1.54, 1.807) is 24.3 Å². The minimum absolute atomic E-state index is 0.155. The van der Waals surface area contributed by atoms with Crippen LogP contribution < -0.4 is 5.32 Å². The van der Waals surface area contributed by atoms with Gasteiger partial charge in [-0.3, -0.25) is 9.20 Å². The minimum atomic E-state index is -0.424. The van der Waals surface area contributed by atoms with E-state index in [0.717, 1.165) is 20.1 Å². The van der Waals surface area contributed by atoms with E-state index in [9.17, 15) is 9.59 Å². The Bertz CT molecular complexity index is 1220. The number of amides is 1. The molecule has 0 radical (unpaired) electrons. The fourth-order valence-corrected chi connectivity index (χ4v) is 5.72. The van der Waals surface area contributed by atoms with Crippen molar-refractivity contribution >= 4 is 66.5 Å². The van der Waals surface area contributed by atoms with Crippen molar-refractivity contribution in [3.63, 3.8) is 0 Å². The molecule has 30 heavy (non-hydrogen) atoms. The number of benzene rings is 1. The molecule has 0 aliphatic rings. The van der Waals surface area contributed by atoms with E-state index < -0.39 is 5.97 Å². The molecule has 0 atom stereocenters. The van der Waals surface area contributed by atoms with Crippen LogP contribution in [0.3, 0.4) is 0 Å². The zero-order chi connectivity index (χ0) is 21.3. The Hall–Kier alpha value is -2.43. The monoisotopic (exact) mass is 460 g/mol. The topological polar surface area (TPSA) is 85.6 Å². The summed E-state index contributed by atoms with van der Waals surface area (Å²) in [6.45, 7) is 6.14. The van der Waals surface area contributed by atoms with Crippen LogP contribution in [0.15, 0.2) is 35.5 Å². The van der Waals surface area contributed by atoms with Gasteiger partial charge in [-0.25, -0.2) is 4.79 Å². The first-order valence-electron chi connectivity index (χ1n) is 9.44. The summed E-state index contributed by atoms with van der Waals surface area (Å²) >= 11 is 4.28. The molecule has 10 heteroatoms. The molecule has 0 aliphatic carbocycles. The van der Waals surface area contributed by atoms with Crippen molar-refractivity contribution in [2.45, 2.75) is 31.8 Å². The molecule has 0 bridgehead atoms. The number of para-hydroxylation sites is 1. The third-order valence-electron chi connectivity index (χ3n) is 4.31. The summed E-state index contributed by atoms with van der Waals surface area (Å²) < 4.78 is 8.21. The van der Waals surface area contributed by atoms with E-state index >= 15 is 0 Å². The summed E-state index contributed by atoms with van der Waals surface area (Å²) in [4.78, 5) is 26.7. The fourth-order valence-electron chi connectivity index (χ4n) is 2.89. The van der Waals surface area contributed by atoms with E-state index in [2.05, 4.69) is 15.5 Å². The highest BCUT2D eigenvalue weighted by molar-refractivity contribution is 7.99. The van der Waals surface area contributed by atoms with Gasteiger partial charge in [0.25, 0.3) is 0 Å². The molecule has 0 unspecified atom stereocenters. The molecule has 0 saturated carbocycles. The molecule has 1 N–H and O–H groups in total. The Kier molecular flexibility index (Phi) is 6.07. The Morgan fingerprint density at radius 3 is 2.80 bits per heavy atom. The normalized spacial score (nSPS) is 11.5. The van der Waals surface area contributed by atoms with Gasteiger partial charge >= 0.3 is 5.97 Å². The highest BCUT2D eigenvalue weighted by atomic mass is 32.2. The van der Waals surface area contributed by atoms with Crippen molar-refractivity contribution in [1.82, 2.24) is 14.6 Å². The average Bonchev–Trinajstić information content (AvgIpc) is 3.40. The van der Waals surface area contributed by atoms with E-state index in [4.69, 9.17) is 4.74 Å². The SMILES string of the molecule is CCOC(=O)c1cc(C(C)C)sc1NC(=O)CSc1nnc2sc3ccccc3n12. The zero-order valence-corrected chi connectivity index (χ0v) is 19.1. The largest absolute Gasteiger partial charge is 0.462 e. The molecule has 0 spiro atoms. The van der Waals surface area contributed by atoms with Crippen LogP contribution in [0.4, 0.5) is 5.00 Å². The molecule has 4 aromatic rings. The summed E-state index contributed by atoms with van der Waals surface area (Å²) in [5.41, 5.74) is 1.42. The molecule has 0 aliphatic heterocycles. The number of ether oxygens (including phenoxy) is 1. The number of hydrogen-bond donors (Lipinski definition) is 1. The highest BCUT2D eigenvalue weighted by Gasteiger charge is 2.21. The second-order valence-electron chi connectivity index (χ2n) is 6.77. The van der Waals surface area contributed by atoms with Gasteiger partial charge in [0.05, 0.1) is 28.1 Å². The van der Waals surface area contributed by atoms with Gasteiger partial charge in [0.2, 0.25) is 10.9 Å². The molecule has 0 fully saturated rings. The van der Waals surface area contributed by atoms with Crippen molar-refractivity contribution in [2.24, 2.45) is 0 Å². The lowest BCUT2D eigenvalue weighted by Crippen LogP contribution is -2.16. The van der Waals surface area contributed by atoms with Crippen LogP contribution in [0.5, 0.6) is 0 Å². The number of anilines is 1. The lowest BCUT2D eigenvalue weighted by atomic mass is 10.1. The third-order valence-corrected chi connectivity index (χ3v) is 7.60. The second kappa shape index (κ2) is 8.75. The summed E-state index contributed by atoms with van der Waals surface area (Å²) in [6, 6.07) is 9.80. The van der Waals surface area contributed by atoms with Crippen LogP contribution in [0.1, 0.15) is 41.9 Å². The number of thiazole rings is 1. The van der Waals surface area contributed by atoms with Gasteiger partial charge < -0.3 is 10.1 Å². The van der Waals surface area contributed by atoms with Crippen LogP contribution in [0.2, 0.25) is 0 Å². The number of carbonyl (C=O) groups excluding carboxylic acids is 2. The quantitative estimate of drug-likeness (QED) is 0.307. The lowest BCUT2D eigenvalue weighted by Gasteiger charge is -2.05. The average molecular weight is 461 g/mol. The molecule has 4 rings (SSSR count). The Morgan fingerprint density at radius 1 is 1.23 bits per heavy atom. The highest BCUT2D eigenvalue weighted by Crippen LogP contribution is 2.34. The van der Waals surface area contributed by atoms with Gasteiger partial charge in [-0.15, -0.1) is 21.5 Å². The standard InChI is InChI=1S/C20H20N4O3S3/c1-4-27-18(26)12-9-15(11(2)3)29-17(12)21-16(25)10-28-19-22-23-20-24(19)13-7-5-6-8-14(13)30-20/h5-9,11H,4,10H2,1-3H3,(H,21,25). The molecule has 3 aromatic heterocycles. The molecule has 1 amide bonds. The Labute approximate surface area is 185 Å². The fraction of sp³-hybridized carbons (Fsp3) is 0.300. The van der Waals surface area contributed by atoms with E-state index in [0.29, 0.717) is 15.7 Å². The van der Waals surface area contributed by atoms with E-state index in [1.807, 2.05) is 42.5 Å². The third kappa shape index (κ3) is 4.07. The van der Waals surface area contributed by atoms with E-state index in [-0.39, 0.29) is 24.2 Å². The molecule has 7 nitrogen and oxygen atoms in total. The number of hydrogen-bond acceptors (Lipinski definition) is 8. The summed E-state index contributed by atoms with van der Waals surface area (Å²) in [6.07, 6.45) is 0. The van der Waals surface area contributed by atoms with Gasteiger partial charge in [0, 0.05) is 4.88 Å². The van der Waals surface area contributed by atoms with Crippen LogP contribution in [0, 0.1) is 0 Å².